The summed E-state index contributed by atoms with van der Waals surface area (Å²) < 4.78 is 18.8. The summed E-state index contributed by atoms with van der Waals surface area (Å²) in [5, 5.41) is 14.9. The quantitative estimate of drug-likeness (QED) is 0.322. The van der Waals surface area contributed by atoms with Crippen LogP contribution in [-0.2, 0) is 6.54 Å². The van der Waals surface area contributed by atoms with Crippen molar-refractivity contribution in [2.45, 2.75) is 19.5 Å². The molecule has 0 aliphatic carbocycles. The first-order valence-corrected chi connectivity index (χ1v) is 10.4. The summed E-state index contributed by atoms with van der Waals surface area (Å²) in [6.07, 6.45) is 0. The predicted molar refractivity (Wildman–Crippen MR) is 132 cm³/mol. The van der Waals surface area contributed by atoms with Crippen molar-refractivity contribution in [2.24, 2.45) is 0 Å². The Labute approximate surface area is 198 Å². The number of hydrogen-bond donors (Lipinski definition) is 2. The SMILES string of the molecule is COc1cc([C@@H](C)NCc2cc(-c3ccc(C(=O)O)cc3)c3ccccc3c2)ccc1F.Cl. The zero-order chi connectivity index (χ0) is 22.7. The molecule has 0 bridgehead atoms. The molecule has 170 valence electrons. The Morgan fingerprint density at radius 1 is 1.03 bits per heavy atom. The maximum atomic E-state index is 13.7. The average molecular weight is 466 g/mol. The molecule has 0 saturated carbocycles. The molecule has 0 fully saturated rings. The van der Waals surface area contributed by atoms with Gasteiger partial charge in [-0.25, -0.2) is 9.18 Å². The van der Waals surface area contributed by atoms with Crippen molar-refractivity contribution in [3.63, 3.8) is 0 Å². The van der Waals surface area contributed by atoms with Gasteiger partial charge in [-0.05, 0) is 76.3 Å². The lowest BCUT2D eigenvalue weighted by Crippen LogP contribution is -2.18. The summed E-state index contributed by atoms with van der Waals surface area (Å²) in [4.78, 5) is 11.2. The lowest BCUT2D eigenvalue weighted by molar-refractivity contribution is 0.0697. The largest absolute Gasteiger partial charge is 0.494 e. The number of rotatable bonds is 7. The van der Waals surface area contributed by atoms with Crippen LogP contribution in [0, 0.1) is 5.82 Å². The Kier molecular flexibility index (Phi) is 7.69. The number of carbonyl (C=O) groups is 1. The second kappa shape index (κ2) is 10.5. The minimum absolute atomic E-state index is 0. The second-order valence-corrected chi connectivity index (χ2v) is 7.74. The van der Waals surface area contributed by atoms with Crippen LogP contribution in [0.4, 0.5) is 4.39 Å². The molecule has 2 N–H and O–H groups in total. The molecule has 4 nitrogen and oxygen atoms in total. The third-order valence-electron chi connectivity index (χ3n) is 5.65. The molecular formula is C27H25ClFNO3. The van der Waals surface area contributed by atoms with Crippen LogP contribution in [0.25, 0.3) is 21.9 Å². The van der Waals surface area contributed by atoms with Crippen molar-refractivity contribution in [3.05, 3.63) is 101 Å². The summed E-state index contributed by atoms with van der Waals surface area (Å²) in [5.41, 5.74) is 4.31. The minimum atomic E-state index is -0.939. The zero-order valence-corrected chi connectivity index (χ0v) is 19.2. The normalized spacial score (nSPS) is 11.6. The molecule has 1 atom stereocenters. The van der Waals surface area contributed by atoms with Gasteiger partial charge in [-0.3, -0.25) is 0 Å². The maximum Gasteiger partial charge on any atom is 0.335 e. The van der Waals surface area contributed by atoms with Crippen molar-refractivity contribution in [1.82, 2.24) is 5.32 Å². The van der Waals surface area contributed by atoms with E-state index in [4.69, 9.17) is 4.74 Å². The van der Waals surface area contributed by atoms with Crippen molar-refractivity contribution < 1.29 is 19.0 Å². The van der Waals surface area contributed by atoms with E-state index in [2.05, 4.69) is 29.6 Å². The number of fused-ring (bicyclic) bond motifs is 1. The lowest BCUT2D eigenvalue weighted by atomic mass is 9.95. The van der Waals surface area contributed by atoms with Crippen LogP contribution in [-0.4, -0.2) is 18.2 Å². The standard InChI is InChI=1S/C27H24FNO3.ClH/c1-17(21-11-12-25(28)26(15-21)32-2)29-16-18-13-22-5-3-4-6-23(22)24(14-18)19-7-9-20(10-8-19)27(30)31;/h3-15,17,29H,16H2,1-2H3,(H,30,31);1H/t17-;/m1./s1. The predicted octanol–water partition coefficient (Wildman–Crippen LogP) is 6.63. The molecule has 0 amide bonds. The van der Waals surface area contributed by atoms with E-state index in [1.807, 2.05) is 31.2 Å². The van der Waals surface area contributed by atoms with Crippen LogP contribution >= 0.6 is 12.4 Å². The molecule has 0 heterocycles. The van der Waals surface area contributed by atoms with Gasteiger partial charge in [0.05, 0.1) is 12.7 Å². The average Bonchev–Trinajstić information content (AvgIpc) is 2.82. The van der Waals surface area contributed by atoms with E-state index < -0.39 is 5.97 Å². The number of hydrogen-bond acceptors (Lipinski definition) is 3. The number of carboxylic acid groups (broad SMARTS) is 1. The van der Waals surface area contributed by atoms with Crippen molar-refractivity contribution in [1.29, 1.82) is 0 Å². The highest BCUT2D eigenvalue weighted by atomic mass is 35.5. The topological polar surface area (TPSA) is 58.6 Å². The second-order valence-electron chi connectivity index (χ2n) is 7.74. The molecule has 0 spiro atoms. The van der Waals surface area contributed by atoms with Crippen molar-refractivity contribution >= 4 is 29.1 Å². The molecule has 0 aliphatic heterocycles. The molecule has 6 heteroatoms. The van der Waals surface area contributed by atoms with E-state index in [1.165, 1.54) is 13.2 Å². The smallest absolute Gasteiger partial charge is 0.335 e. The van der Waals surface area contributed by atoms with Crippen LogP contribution < -0.4 is 10.1 Å². The van der Waals surface area contributed by atoms with E-state index in [9.17, 15) is 14.3 Å². The molecule has 0 aliphatic rings. The molecule has 0 aromatic heterocycles. The van der Waals surface area contributed by atoms with Gasteiger partial charge in [0.1, 0.15) is 0 Å². The molecule has 4 aromatic carbocycles. The summed E-state index contributed by atoms with van der Waals surface area (Å²) in [6, 6.07) is 24.2. The fourth-order valence-electron chi connectivity index (χ4n) is 3.84. The summed E-state index contributed by atoms with van der Waals surface area (Å²) in [6.45, 7) is 2.64. The highest BCUT2D eigenvalue weighted by molar-refractivity contribution is 5.98. The molecule has 4 aromatic rings. The van der Waals surface area contributed by atoms with Gasteiger partial charge in [-0.2, -0.15) is 0 Å². The van der Waals surface area contributed by atoms with Gasteiger partial charge in [-0.15, -0.1) is 12.4 Å². The molecule has 0 saturated heterocycles. The Morgan fingerprint density at radius 3 is 2.45 bits per heavy atom. The highest BCUT2D eigenvalue weighted by Gasteiger charge is 2.12. The fraction of sp³-hybridized carbons (Fsp3) is 0.148. The number of carboxylic acids is 1. The number of halogens is 2. The van der Waals surface area contributed by atoms with Crippen LogP contribution in [0.1, 0.15) is 34.5 Å². The van der Waals surface area contributed by atoms with Crippen LogP contribution in [0.15, 0.2) is 78.9 Å². The Balaban J connectivity index is 0.00000306. The number of methoxy groups -OCH3 is 1. The number of aromatic carboxylic acids is 1. The van der Waals surface area contributed by atoms with E-state index >= 15 is 0 Å². The van der Waals surface area contributed by atoms with Crippen LogP contribution in [0.3, 0.4) is 0 Å². The van der Waals surface area contributed by atoms with Gasteiger partial charge in [0.15, 0.2) is 11.6 Å². The van der Waals surface area contributed by atoms with Gasteiger partial charge in [-0.1, -0.05) is 42.5 Å². The number of ether oxygens (including phenoxy) is 1. The van der Waals surface area contributed by atoms with Crippen LogP contribution in [0.2, 0.25) is 0 Å². The summed E-state index contributed by atoms with van der Waals surface area (Å²) in [7, 11) is 1.46. The molecule has 0 unspecified atom stereocenters. The monoisotopic (exact) mass is 465 g/mol. The molecule has 4 rings (SSSR count). The van der Waals surface area contributed by atoms with E-state index in [0.717, 1.165) is 33.0 Å². The highest BCUT2D eigenvalue weighted by Crippen LogP contribution is 2.31. The van der Waals surface area contributed by atoms with Crippen molar-refractivity contribution in [2.75, 3.05) is 7.11 Å². The molecular weight excluding hydrogens is 441 g/mol. The first-order valence-electron chi connectivity index (χ1n) is 10.4. The first kappa shape index (κ1) is 24.2. The lowest BCUT2D eigenvalue weighted by Gasteiger charge is -2.17. The van der Waals surface area contributed by atoms with Gasteiger partial charge >= 0.3 is 5.97 Å². The third kappa shape index (κ3) is 5.33. The Bertz CT molecular complexity index is 1270. The minimum Gasteiger partial charge on any atom is -0.494 e. The van der Waals surface area contributed by atoms with E-state index in [1.54, 1.807) is 24.3 Å². The Morgan fingerprint density at radius 2 is 1.76 bits per heavy atom. The van der Waals surface area contributed by atoms with Gasteiger partial charge in [0.2, 0.25) is 0 Å². The first-order chi connectivity index (χ1) is 15.5. The van der Waals surface area contributed by atoms with E-state index in [-0.39, 0.29) is 35.6 Å². The Hall–Kier alpha value is -3.41. The third-order valence-corrected chi connectivity index (χ3v) is 5.65. The molecule has 33 heavy (non-hydrogen) atoms. The summed E-state index contributed by atoms with van der Waals surface area (Å²) in [5.74, 6) is -1.09. The maximum absolute atomic E-state index is 13.7. The van der Waals surface area contributed by atoms with Gasteiger partial charge < -0.3 is 15.2 Å². The summed E-state index contributed by atoms with van der Waals surface area (Å²) >= 11 is 0. The van der Waals surface area contributed by atoms with E-state index in [0.29, 0.717) is 6.54 Å². The van der Waals surface area contributed by atoms with Gasteiger partial charge in [0, 0.05) is 12.6 Å². The molecule has 0 radical (unpaired) electrons. The zero-order valence-electron chi connectivity index (χ0n) is 18.3. The fourth-order valence-corrected chi connectivity index (χ4v) is 3.84. The van der Waals surface area contributed by atoms with Crippen LogP contribution in [0.5, 0.6) is 5.75 Å². The number of nitrogens with one attached hydrogen (secondary N) is 1. The number of benzene rings is 4. The van der Waals surface area contributed by atoms with Crippen molar-refractivity contribution in [3.8, 4) is 16.9 Å². The van der Waals surface area contributed by atoms with Gasteiger partial charge in [0.25, 0.3) is 0 Å².